The Morgan fingerprint density at radius 1 is 1.19 bits per heavy atom. The molecular weight excluding hydrogens is 272 g/mol. The van der Waals surface area contributed by atoms with Gasteiger partial charge in [0.25, 0.3) is 0 Å². The Hall–Kier alpha value is -0.390. The van der Waals surface area contributed by atoms with E-state index in [9.17, 15) is 0 Å². The minimum Gasteiger partial charge on any atom is -0.381 e. The van der Waals surface area contributed by atoms with Gasteiger partial charge in [-0.1, -0.05) is 0 Å². The molecule has 0 bridgehead atoms. The van der Waals surface area contributed by atoms with E-state index in [1.165, 1.54) is 11.3 Å². The fraction of sp³-hybridized carbons (Fsp3) is 0.727. The van der Waals surface area contributed by atoms with E-state index in [0.29, 0.717) is 12.6 Å². The second-order valence-corrected chi connectivity index (χ2v) is 5.06. The molecule has 1 aromatic rings. The standard InChI is InChI=1S/C11H15BrN2O2/c12-11-9-7-16-6-3-10(9)14(13-11)8-1-4-15-5-2-8/h8H,1-7H2. The first-order valence-corrected chi connectivity index (χ1v) is 6.57. The molecule has 2 aliphatic heterocycles. The summed E-state index contributed by atoms with van der Waals surface area (Å²) in [5.41, 5.74) is 2.59. The van der Waals surface area contributed by atoms with Crippen molar-refractivity contribution in [2.24, 2.45) is 0 Å². The van der Waals surface area contributed by atoms with Crippen LogP contribution in [0.3, 0.4) is 0 Å². The molecule has 0 aliphatic carbocycles. The Balaban J connectivity index is 1.93. The smallest absolute Gasteiger partial charge is 0.133 e. The molecule has 16 heavy (non-hydrogen) atoms. The van der Waals surface area contributed by atoms with E-state index in [0.717, 1.165) is 43.7 Å². The molecule has 3 rings (SSSR count). The van der Waals surface area contributed by atoms with Crippen molar-refractivity contribution < 1.29 is 9.47 Å². The SMILES string of the molecule is Brc1nn(C2CCOCC2)c2c1COCC2. The lowest BCUT2D eigenvalue weighted by molar-refractivity contribution is 0.0631. The number of rotatable bonds is 1. The third kappa shape index (κ3) is 1.81. The van der Waals surface area contributed by atoms with Crippen LogP contribution >= 0.6 is 15.9 Å². The third-order valence-electron chi connectivity index (χ3n) is 3.34. The summed E-state index contributed by atoms with van der Waals surface area (Å²) >= 11 is 3.53. The first-order valence-electron chi connectivity index (χ1n) is 5.77. The van der Waals surface area contributed by atoms with Gasteiger partial charge in [-0.05, 0) is 28.8 Å². The third-order valence-corrected chi connectivity index (χ3v) is 3.97. The van der Waals surface area contributed by atoms with E-state index in [1.807, 2.05) is 0 Å². The molecule has 4 nitrogen and oxygen atoms in total. The number of nitrogens with zero attached hydrogens (tertiary/aromatic N) is 2. The highest BCUT2D eigenvalue weighted by Gasteiger charge is 2.25. The number of halogens is 1. The first-order chi connectivity index (χ1) is 7.86. The average molecular weight is 287 g/mol. The molecule has 88 valence electrons. The van der Waals surface area contributed by atoms with Crippen LogP contribution in [-0.2, 0) is 22.5 Å². The molecule has 2 aliphatic rings. The predicted molar refractivity (Wildman–Crippen MR) is 62.4 cm³/mol. The lowest BCUT2D eigenvalue weighted by Gasteiger charge is -2.25. The number of aromatic nitrogens is 2. The van der Waals surface area contributed by atoms with E-state index in [4.69, 9.17) is 9.47 Å². The minimum absolute atomic E-state index is 0.506. The van der Waals surface area contributed by atoms with Crippen LogP contribution in [0.5, 0.6) is 0 Å². The fourth-order valence-electron chi connectivity index (χ4n) is 2.46. The van der Waals surface area contributed by atoms with Gasteiger partial charge in [-0.3, -0.25) is 4.68 Å². The Kier molecular flexibility index (Phi) is 3.00. The Morgan fingerprint density at radius 3 is 2.81 bits per heavy atom. The summed E-state index contributed by atoms with van der Waals surface area (Å²) in [5, 5.41) is 4.61. The predicted octanol–water partition coefficient (Wildman–Crippen LogP) is 2.07. The van der Waals surface area contributed by atoms with E-state index in [-0.39, 0.29) is 0 Å². The zero-order chi connectivity index (χ0) is 11.0. The van der Waals surface area contributed by atoms with Crippen LogP contribution in [0.15, 0.2) is 4.60 Å². The second-order valence-electron chi connectivity index (χ2n) is 4.31. The van der Waals surface area contributed by atoms with Gasteiger partial charge in [0.15, 0.2) is 0 Å². The summed E-state index contributed by atoms with van der Waals surface area (Å²) in [6, 6.07) is 0.506. The molecular formula is C11H15BrN2O2. The summed E-state index contributed by atoms with van der Waals surface area (Å²) < 4.78 is 14.0. The Morgan fingerprint density at radius 2 is 2.00 bits per heavy atom. The zero-order valence-corrected chi connectivity index (χ0v) is 10.7. The van der Waals surface area contributed by atoms with Crippen LogP contribution in [0.2, 0.25) is 0 Å². The van der Waals surface area contributed by atoms with Crippen LogP contribution < -0.4 is 0 Å². The molecule has 5 heteroatoms. The van der Waals surface area contributed by atoms with Crippen molar-refractivity contribution in [1.82, 2.24) is 9.78 Å². The monoisotopic (exact) mass is 286 g/mol. The summed E-state index contributed by atoms with van der Waals surface area (Å²) in [4.78, 5) is 0. The van der Waals surface area contributed by atoms with E-state index in [2.05, 4.69) is 25.7 Å². The first kappa shape index (κ1) is 10.7. The van der Waals surface area contributed by atoms with Crippen LogP contribution in [-0.4, -0.2) is 29.6 Å². The highest BCUT2D eigenvalue weighted by molar-refractivity contribution is 9.10. The van der Waals surface area contributed by atoms with Crippen molar-refractivity contribution >= 4 is 15.9 Å². The molecule has 0 atom stereocenters. The molecule has 0 radical (unpaired) electrons. The minimum atomic E-state index is 0.506. The van der Waals surface area contributed by atoms with E-state index >= 15 is 0 Å². The highest BCUT2D eigenvalue weighted by Crippen LogP contribution is 2.30. The number of fused-ring (bicyclic) bond motifs is 1. The van der Waals surface area contributed by atoms with E-state index < -0.39 is 0 Å². The van der Waals surface area contributed by atoms with Gasteiger partial charge in [-0.15, -0.1) is 0 Å². The molecule has 3 heterocycles. The van der Waals surface area contributed by atoms with Crippen molar-refractivity contribution in [2.75, 3.05) is 19.8 Å². The topological polar surface area (TPSA) is 36.3 Å². The van der Waals surface area contributed by atoms with E-state index in [1.54, 1.807) is 0 Å². The average Bonchev–Trinajstić information content (AvgIpc) is 2.69. The molecule has 0 saturated carbocycles. The molecule has 1 saturated heterocycles. The van der Waals surface area contributed by atoms with Gasteiger partial charge in [0.2, 0.25) is 0 Å². The van der Waals surface area contributed by atoms with Crippen molar-refractivity contribution in [3.63, 3.8) is 0 Å². The lowest BCUT2D eigenvalue weighted by Crippen LogP contribution is -2.23. The van der Waals surface area contributed by atoms with Crippen molar-refractivity contribution in [2.45, 2.75) is 31.9 Å². The summed E-state index contributed by atoms with van der Waals surface area (Å²) in [6.45, 7) is 3.22. The molecule has 1 fully saturated rings. The molecule has 0 unspecified atom stereocenters. The number of hydrogen-bond donors (Lipinski definition) is 0. The van der Waals surface area contributed by atoms with Crippen molar-refractivity contribution in [1.29, 1.82) is 0 Å². The van der Waals surface area contributed by atoms with Crippen molar-refractivity contribution in [3.05, 3.63) is 15.9 Å². The van der Waals surface area contributed by atoms with Gasteiger partial charge in [0, 0.05) is 30.9 Å². The Bertz CT molecular complexity index is 386. The number of ether oxygens (including phenoxy) is 2. The molecule has 0 amide bonds. The van der Waals surface area contributed by atoms with Crippen LogP contribution in [0.25, 0.3) is 0 Å². The van der Waals surface area contributed by atoms with Gasteiger partial charge in [0.05, 0.1) is 19.3 Å². The summed E-state index contributed by atoms with van der Waals surface area (Å²) in [5.74, 6) is 0. The largest absolute Gasteiger partial charge is 0.381 e. The summed E-state index contributed by atoms with van der Waals surface area (Å²) in [7, 11) is 0. The van der Waals surface area contributed by atoms with Gasteiger partial charge in [-0.25, -0.2) is 0 Å². The van der Waals surface area contributed by atoms with Gasteiger partial charge < -0.3 is 9.47 Å². The quantitative estimate of drug-likeness (QED) is 0.793. The summed E-state index contributed by atoms with van der Waals surface area (Å²) in [6.07, 6.45) is 3.12. The maximum absolute atomic E-state index is 5.47. The normalized spacial score (nSPS) is 22.1. The highest BCUT2D eigenvalue weighted by atomic mass is 79.9. The second kappa shape index (κ2) is 4.47. The van der Waals surface area contributed by atoms with Gasteiger partial charge in [0.1, 0.15) is 4.60 Å². The Labute approximate surface area is 103 Å². The molecule has 1 aromatic heterocycles. The molecule has 0 N–H and O–H groups in total. The van der Waals surface area contributed by atoms with Crippen LogP contribution in [0.1, 0.15) is 30.1 Å². The zero-order valence-electron chi connectivity index (χ0n) is 9.12. The van der Waals surface area contributed by atoms with Crippen LogP contribution in [0.4, 0.5) is 0 Å². The number of hydrogen-bond acceptors (Lipinski definition) is 3. The van der Waals surface area contributed by atoms with Gasteiger partial charge in [-0.2, -0.15) is 5.10 Å². The maximum Gasteiger partial charge on any atom is 0.133 e. The van der Waals surface area contributed by atoms with Gasteiger partial charge >= 0.3 is 0 Å². The maximum atomic E-state index is 5.47. The van der Waals surface area contributed by atoms with Crippen molar-refractivity contribution in [3.8, 4) is 0 Å². The molecule has 0 spiro atoms. The molecule has 0 aromatic carbocycles. The van der Waals surface area contributed by atoms with Crippen LogP contribution in [0, 0.1) is 0 Å². The lowest BCUT2D eigenvalue weighted by atomic mass is 10.1. The fourth-order valence-corrected chi connectivity index (χ4v) is 2.97.